The van der Waals surface area contributed by atoms with Gasteiger partial charge in [-0.3, -0.25) is 9.78 Å². The third kappa shape index (κ3) is 3.32. The number of nitrogens with zero attached hydrogens (tertiary/aromatic N) is 1. The summed E-state index contributed by atoms with van der Waals surface area (Å²) in [6.45, 7) is 0.216. The Morgan fingerprint density at radius 1 is 1.27 bits per heavy atom. The lowest BCUT2D eigenvalue weighted by molar-refractivity contribution is -0.123. The van der Waals surface area contributed by atoms with Crippen LogP contribution in [0.2, 0.25) is 0 Å². The van der Waals surface area contributed by atoms with E-state index in [2.05, 4.69) is 11.4 Å². The van der Waals surface area contributed by atoms with Gasteiger partial charge in [0.05, 0.1) is 5.25 Å². The van der Waals surface area contributed by atoms with Crippen LogP contribution >= 0.6 is 0 Å². The number of fused-ring (bicyclic) bond motifs is 1. The van der Waals surface area contributed by atoms with E-state index < -0.39 is 15.1 Å². The Balaban J connectivity index is 1.82. The Labute approximate surface area is 131 Å². The largest absolute Gasteiger partial charge is 0.355 e. The van der Waals surface area contributed by atoms with Crippen molar-refractivity contribution in [2.75, 3.05) is 12.8 Å². The van der Waals surface area contributed by atoms with Crippen LogP contribution < -0.4 is 5.32 Å². The Hall–Kier alpha value is -1.43. The van der Waals surface area contributed by atoms with Gasteiger partial charge in [0.2, 0.25) is 5.91 Å². The van der Waals surface area contributed by atoms with E-state index in [0.29, 0.717) is 6.42 Å². The monoisotopic (exact) mass is 322 g/mol. The van der Waals surface area contributed by atoms with E-state index in [4.69, 9.17) is 4.98 Å². The maximum atomic E-state index is 12.0. The van der Waals surface area contributed by atoms with Crippen molar-refractivity contribution in [2.45, 2.75) is 43.8 Å². The fraction of sp³-hybridized carbons (Fsp3) is 0.625. The van der Waals surface area contributed by atoms with Crippen LogP contribution in [0.4, 0.5) is 0 Å². The molecule has 0 aromatic carbocycles. The summed E-state index contributed by atoms with van der Waals surface area (Å²) in [5, 5.41) is 2.15. The Morgan fingerprint density at radius 3 is 2.82 bits per heavy atom. The van der Waals surface area contributed by atoms with Gasteiger partial charge in [-0.1, -0.05) is 6.07 Å². The topological polar surface area (TPSA) is 76.1 Å². The van der Waals surface area contributed by atoms with Gasteiger partial charge in [-0.25, -0.2) is 8.42 Å². The first-order chi connectivity index (χ1) is 10.4. The molecule has 1 aliphatic carbocycles. The molecule has 1 aromatic rings. The molecule has 1 amide bonds. The summed E-state index contributed by atoms with van der Waals surface area (Å²) < 4.78 is 23.9. The highest BCUT2D eigenvalue weighted by molar-refractivity contribution is 7.91. The molecule has 2 unspecified atom stereocenters. The van der Waals surface area contributed by atoms with E-state index in [1.807, 2.05) is 6.07 Å². The third-order valence-corrected chi connectivity index (χ3v) is 6.38. The molecule has 2 aliphatic rings. The molecule has 0 spiro atoms. The minimum atomic E-state index is -3.18. The smallest absolute Gasteiger partial charge is 0.220 e. The number of hydrogen-bond donors (Lipinski definition) is 1. The fourth-order valence-electron chi connectivity index (χ4n) is 3.54. The number of sulfone groups is 1. The molecule has 2 heterocycles. The molecule has 120 valence electrons. The Kier molecular flexibility index (Phi) is 4.21. The molecule has 3 rings (SSSR count). The van der Waals surface area contributed by atoms with Crippen LogP contribution in [-0.2, 0) is 33.9 Å². The van der Waals surface area contributed by atoms with Crippen molar-refractivity contribution in [3.05, 3.63) is 29.1 Å². The maximum absolute atomic E-state index is 12.0. The molecule has 1 aromatic heterocycles. The number of amides is 1. The molecule has 1 N–H and O–H groups in total. The van der Waals surface area contributed by atoms with Crippen molar-refractivity contribution in [2.24, 2.45) is 5.92 Å². The lowest BCUT2D eigenvalue weighted by Gasteiger charge is -2.30. The molecule has 0 radical (unpaired) electrons. The predicted molar refractivity (Wildman–Crippen MR) is 84.3 cm³/mol. The summed E-state index contributed by atoms with van der Waals surface area (Å²) in [5.74, 6) is -0.249. The molecule has 1 fully saturated rings. The number of aromatic nitrogens is 1. The summed E-state index contributed by atoms with van der Waals surface area (Å²) in [7, 11) is -3.18. The van der Waals surface area contributed by atoms with Gasteiger partial charge >= 0.3 is 0 Å². The van der Waals surface area contributed by atoms with E-state index in [-0.39, 0.29) is 24.8 Å². The standard InChI is InChI=1S/C16H22N2O3S/c1-22(20,21)15-10-17-16(19)9-12(15)8-13-7-6-11-4-2-3-5-14(11)18-13/h6-7,12,15H,2-5,8-10H2,1H3,(H,17,19). The number of hydrogen-bond acceptors (Lipinski definition) is 4. The number of piperidine rings is 1. The maximum Gasteiger partial charge on any atom is 0.220 e. The molecular formula is C16H22N2O3S. The molecule has 1 saturated heterocycles. The first-order valence-electron chi connectivity index (χ1n) is 7.87. The third-order valence-electron chi connectivity index (χ3n) is 4.73. The van der Waals surface area contributed by atoms with Gasteiger partial charge in [-0.2, -0.15) is 0 Å². The molecule has 0 saturated carbocycles. The number of carbonyl (C=O) groups excluding carboxylic acids is 1. The summed E-state index contributed by atoms with van der Waals surface area (Å²) in [6.07, 6.45) is 6.54. The van der Waals surface area contributed by atoms with Gasteiger partial charge in [0, 0.05) is 30.6 Å². The van der Waals surface area contributed by atoms with Gasteiger partial charge in [-0.05, 0) is 49.7 Å². The highest BCUT2D eigenvalue weighted by Gasteiger charge is 2.36. The zero-order chi connectivity index (χ0) is 15.7. The SMILES string of the molecule is CS(=O)(=O)C1CNC(=O)CC1Cc1ccc2c(n1)CCCC2. The molecular weight excluding hydrogens is 300 g/mol. The van der Waals surface area contributed by atoms with Gasteiger partial charge < -0.3 is 5.32 Å². The molecule has 2 atom stereocenters. The first-order valence-corrected chi connectivity index (χ1v) is 9.82. The van der Waals surface area contributed by atoms with E-state index in [1.54, 1.807) is 0 Å². The van der Waals surface area contributed by atoms with Crippen LogP contribution in [0.25, 0.3) is 0 Å². The van der Waals surface area contributed by atoms with Gasteiger partial charge in [-0.15, -0.1) is 0 Å². The van der Waals surface area contributed by atoms with E-state index in [9.17, 15) is 13.2 Å². The van der Waals surface area contributed by atoms with Crippen LogP contribution in [0.1, 0.15) is 36.2 Å². The average Bonchev–Trinajstić information content (AvgIpc) is 2.46. The highest BCUT2D eigenvalue weighted by Crippen LogP contribution is 2.25. The fourth-order valence-corrected chi connectivity index (χ4v) is 4.81. The van der Waals surface area contributed by atoms with E-state index >= 15 is 0 Å². The summed E-state index contributed by atoms with van der Waals surface area (Å²) >= 11 is 0. The number of carbonyl (C=O) groups is 1. The van der Waals surface area contributed by atoms with Crippen molar-refractivity contribution in [3.8, 4) is 0 Å². The van der Waals surface area contributed by atoms with Gasteiger partial charge in [0.1, 0.15) is 0 Å². The summed E-state index contributed by atoms with van der Waals surface area (Å²) in [6, 6.07) is 4.12. The molecule has 1 aliphatic heterocycles. The zero-order valence-electron chi connectivity index (χ0n) is 12.8. The number of rotatable bonds is 3. The molecule has 0 bridgehead atoms. The van der Waals surface area contributed by atoms with Gasteiger partial charge in [0.15, 0.2) is 9.84 Å². The van der Waals surface area contributed by atoms with Crippen LogP contribution in [0.3, 0.4) is 0 Å². The van der Waals surface area contributed by atoms with Crippen molar-refractivity contribution < 1.29 is 13.2 Å². The first kappa shape index (κ1) is 15.5. The summed E-state index contributed by atoms with van der Waals surface area (Å²) in [4.78, 5) is 16.4. The lowest BCUT2D eigenvalue weighted by atomic mass is 9.90. The van der Waals surface area contributed by atoms with Crippen molar-refractivity contribution in [1.82, 2.24) is 10.3 Å². The lowest BCUT2D eigenvalue weighted by Crippen LogP contribution is -2.48. The van der Waals surface area contributed by atoms with Crippen molar-refractivity contribution >= 4 is 15.7 Å². The second-order valence-electron chi connectivity index (χ2n) is 6.46. The summed E-state index contributed by atoms with van der Waals surface area (Å²) in [5.41, 5.74) is 3.38. The van der Waals surface area contributed by atoms with Crippen molar-refractivity contribution in [1.29, 1.82) is 0 Å². The Bertz CT molecular complexity index is 685. The minimum absolute atomic E-state index is 0.0668. The van der Waals surface area contributed by atoms with E-state index in [1.165, 1.54) is 24.7 Å². The minimum Gasteiger partial charge on any atom is -0.355 e. The Morgan fingerprint density at radius 2 is 2.05 bits per heavy atom. The van der Waals surface area contributed by atoms with Crippen LogP contribution in [0, 0.1) is 5.92 Å². The van der Waals surface area contributed by atoms with Crippen LogP contribution in [-0.4, -0.2) is 37.4 Å². The number of aryl methyl sites for hydroxylation is 2. The normalized spacial score (nSPS) is 25.4. The second kappa shape index (κ2) is 5.99. The zero-order valence-corrected chi connectivity index (χ0v) is 13.7. The van der Waals surface area contributed by atoms with Crippen molar-refractivity contribution in [3.63, 3.8) is 0 Å². The van der Waals surface area contributed by atoms with Crippen LogP contribution in [0.15, 0.2) is 12.1 Å². The highest BCUT2D eigenvalue weighted by atomic mass is 32.2. The number of nitrogens with one attached hydrogen (secondary N) is 1. The molecule has 6 heteroatoms. The van der Waals surface area contributed by atoms with E-state index in [0.717, 1.165) is 24.2 Å². The quantitative estimate of drug-likeness (QED) is 0.902. The second-order valence-corrected chi connectivity index (χ2v) is 8.72. The van der Waals surface area contributed by atoms with Crippen LogP contribution in [0.5, 0.6) is 0 Å². The predicted octanol–water partition coefficient (Wildman–Crippen LogP) is 1.05. The van der Waals surface area contributed by atoms with Gasteiger partial charge in [0.25, 0.3) is 0 Å². The molecule has 22 heavy (non-hydrogen) atoms. The average molecular weight is 322 g/mol. The number of pyridine rings is 1. The molecule has 5 nitrogen and oxygen atoms in total.